The molecule has 0 aliphatic carbocycles. The molecule has 3 atom stereocenters. The number of hydrogen-bond acceptors (Lipinski definition) is 2. The normalized spacial score (nSPS) is 17.1. The van der Waals surface area contributed by atoms with Crippen LogP contribution in [0.15, 0.2) is 24.3 Å². The highest BCUT2D eigenvalue weighted by Gasteiger charge is 2.32. The lowest BCUT2D eigenvalue weighted by molar-refractivity contribution is 0.0831. The molecule has 0 heterocycles. The Bertz CT molecular complexity index is 420. The quantitative estimate of drug-likeness (QED) is 0.875. The first-order valence-electron chi connectivity index (χ1n) is 7.72. The van der Waals surface area contributed by atoms with Crippen LogP contribution in [0, 0.1) is 12.3 Å². The number of benzene rings is 1. The highest BCUT2D eigenvalue weighted by Crippen LogP contribution is 2.32. The summed E-state index contributed by atoms with van der Waals surface area (Å²) < 4.78 is 0. The minimum atomic E-state index is 0.159. The van der Waals surface area contributed by atoms with Crippen LogP contribution in [0.1, 0.15) is 58.2 Å². The summed E-state index contributed by atoms with van der Waals surface area (Å²) in [4.78, 5) is 2.45. The molecule has 3 unspecified atom stereocenters. The van der Waals surface area contributed by atoms with Gasteiger partial charge in [-0.1, -0.05) is 57.5 Å². The molecule has 0 aliphatic rings. The number of hydrogen-bond donors (Lipinski definition) is 1. The predicted octanol–water partition coefficient (Wildman–Crippen LogP) is 4.14. The number of nitrogens with two attached hydrogens (primary N) is 1. The Kier molecular flexibility index (Phi) is 5.79. The van der Waals surface area contributed by atoms with Gasteiger partial charge in [0.05, 0.1) is 0 Å². The van der Waals surface area contributed by atoms with E-state index in [9.17, 15) is 0 Å². The molecule has 0 saturated carbocycles. The van der Waals surface area contributed by atoms with Gasteiger partial charge in [0.25, 0.3) is 0 Å². The van der Waals surface area contributed by atoms with E-state index in [1.165, 1.54) is 11.1 Å². The number of aryl methyl sites for hydroxylation is 1. The van der Waals surface area contributed by atoms with Crippen LogP contribution in [0.5, 0.6) is 0 Å². The highest BCUT2D eigenvalue weighted by atomic mass is 15.2. The zero-order chi connectivity index (χ0) is 15.5. The maximum absolute atomic E-state index is 6.44. The molecule has 2 heteroatoms. The van der Waals surface area contributed by atoms with Gasteiger partial charge < -0.3 is 5.73 Å². The molecule has 1 aromatic rings. The molecule has 2 nitrogen and oxygen atoms in total. The van der Waals surface area contributed by atoms with Crippen LogP contribution in [0.2, 0.25) is 0 Å². The van der Waals surface area contributed by atoms with Crippen LogP contribution in [0.4, 0.5) is 0 Å². The Balaban J connectivity index is 3.13. The molecule has 0 spiro atoms. The summed E-state index contributed by atoms with van der Waals surface area (Å²) in [6.45, 7) is 13.5. The second kappa shape index (κ2) is 6.73. The van der Waals surface area contributed by atoms with Gasteiger partial charge in [0.1, 0.15) is 0 Å². The van der Waals surface area contributed by atoms with Crippen molar-refractivity contribution < 1.29 is 0 Å². The van der Waals surface area contributed by atoms with Crippen LogP contribution >= 0.6 is 0 Å². The second-order valence-electron chi connectivity index (χ2n) is 7.14. The van der Waals surface area contributed by atoms with Crippen LogP contribution in [0.3, 0.4) is 0 Å². The smallest absolute Gasteiger partial charge is 0.0499 e. The molecule has 0 amide bonds. The summed E-state index contributed by atoms with van der Waals surface area (Å²) >= 11 is 0. The van der Waals surface area contributed by atoms with Crippen molar-refractivity contribution in [2.45, 2.75) is 66.1 Å². The average Bonchev–Trinajstić information content (AvgIpc) is 2.36. The molecule has 0 aliphatic heterocycles. The SMILES string of the molecule is CCC(N)C(c1cccc(C)c1)N(C)C(C)C(C)(C)C. The fourth-order valence-electron chi connectivity index (χ4n) is 2.71. The van der Waals surface area contributed by atoms with Crippen molar-refractivity contribution in [3.63, 3.8) is 0 Å². The first kappa shape index (κ1) is 17.2. The molecule has 0 saturated heterocycles. The molecular formula is C18H32N2. The molecule has 20 heavy (non-hydrogen) atoms. The van der Waals surface area contributed by atoms with Crippen LogP contribution in [-0.2, 0) is 0 Å². The van der Waals surface area contributed by atoms with Crippen molar-refractivity contribution in [2.24, 2.45) is 11.1 Å². The summed E-state index contributed by atoms with van der Waals surface area (Å²) in [6, 6.07) is 9.65. The molecule has 0 radical (unpaired) electrons. The molecule has 114 valence electrons. The first-order valence-corrected chi connectivity index (χ1v) is 7.72. The molecule has 1 rings (SSSR count). The molecule has 0 fully saturated rings. The van der Waals surface area contributed by atoms with Crippen molar-refractivity contribution >= 4 is 0 Å². The van der Waals surface area contributed by atoms with Gasteiger partial charge in [-0.05, 0) is 38.3 Å². The summed E-state index contributed by atoms with van der Waals surface area (Å²) in [6.07, 6.45) is 0.986. The zero-order valence-corrected chi connectivity index (χ0v) is 14.3. The average molecular weight is 276 g/mol. The number of nitrogens with zero attached hydrogens (tertiary/aromatic N) is 1. The standard InChI is InChI=1S/C18H32N2/c1-8-16(19)17(15-11-9-10-13(2)12-15)20(7)14(3)18(4,5)6/h9-12,14,16-17H,8,19H2,1-7H3. The topological polar surface area (TPSA) is 29.3 Å². The van der Waals surface area contributed by atoms with Gasteiger partial charge in [0, 0.05) is 18.1 Å². The first-order chi connectivity index (χ1) is 9.18. The van der Waals surface area contributed by atoms with Gasteiger partial charge in [-0.2, -0.15) is 0 Å². The summed E-state index contributed by atoms with van der Waals surface area (Å²) in [5.74, 6) is 0. The zero-order valence-electron chi connectivity index (χ0n) is 14.3. The largest absolute Gasteiger partial charge is 0.326 e. The van der Waals surface area contributed by atoms with Gasteiger partial charge in [0.15, 0.2) is 0 Å². The Labute approximate surface area is 125 Å². The monoisotopic (exact) mass is 276 g/mol. The van der Waals surface area contributed by atoms with Gasteiger partial charge in [-0.25, -0.2) is 0 Å². The lowest BCUT2D eigenvalue weighted by atomic mass is 9.84. The second-order valence-corrected chi connectivity index (χ2v) is 7.14. The van der Waals surface area contributed by atoms with Gasteiger partial charge in [-0.15, -0.1) is 0 Å². The summed E-state index contributed by atoms with van der Waals surface area (Å²) in [7, 11) is 2.21. The third-order valence-corrected chi connectivity index (χ3v) is 4.56. The minimum Gasteiger partial charge on any atom is -0.326 e. The Hall–Kier alpha value is -0.860. The Morgan fingerprint density at radius 1 is 1.25 bits per heavy atom. The third kappa shape index (κ3) is 4.07. The van der Waals surface area contributed by atoms with Crippen molar-refractivity contribution in [1.29, 1.82) is 0 Å². The van der Waals surface area contributed by atoms with E-state index in [4.69, 9.17) is 5.73 Å². The van der Waals surface area contributed by atoms with Crippen molar-refractivity contribution in [1.82, 2.24) is 4.90 Å². The predicted molar refractivity (Wildman–Crippen MR) is 88.9 cm³/mol. The maximum Gasteiger partial charge on any atom is 0.0499 e. The van der Waals surface area contributed by atoms with E-state index >= 15 is 0 Å². The molecule has 2 N–H and O–H groups in total. The summed E-state index contributed by atoms with van der Waals surface area (Å²) in [5.41, 5.74) is 9.31. The number of likely N-dealkylation sites (N-methyl/N-ethyl adjacent to an activating group) is 1. The van der Waals surface area contributed by atoms with E-state index in [2.05, 4.69) is 77.8 Å². The van der Waals surface area contributed by atoms with Gasteiger partial charge >= 0.3 is 0 Å². The lowest BCUT2D eigenvalue weighted by Crippen LogP contribution is -2.47. The van der Waals surface area contributed by atoms with E-state index in [-0.39, 0.29) is 17.5 Å². The fraction of sp³-hybridized carbons (Fsp3) is 0.667. The highest BCUT2D eigenvalue weighted by molar-refractivity contribution is 5.26. The van der Waals surface area contributed by atoms with Crippen LogP contribution in [0.25, 0.3) is 0 Å². The molecule has 0 bridgehead atoms. The van der Waals surface area contributed by atoms with Crippen molar-refractivity contribution in [3.8, 4) is 0 Å². The third-order valence-electron chi connectivity index (χ3n) is 4.56. The molecular weight excluding hydrogens is 244 g/mol. The van der Waals surface area contributed by atoms with E-state index in [0.29, 0.717) is 6.04 Å². The minimum absolute atomic E-state index is 0.159. The molecule has 1 aromatic carbocycles. The van der Waals surface area contributed by atoms with Crippen LogP contribution < -0.4 is 5.73 Å². The lowest BCUT2D eigenvalue weighted by Gasteiger charge is -2.42. The van der Waals surface area contributed by atoms with Gasteiger partial charge in [0.2, 0.25) is 0 Å². The van der Waals surface area contributed by atoms with Gasteiger partial charge in [-0.3, -0.25) is 4.90 Å². The van der Waals surface area contributed by atoms with E-state index in [0.717, 1.165) is 6.42 Å². The Morgan fingerprint density at radius 3 is 2.30 bits per heavy atom. The number of rotatable bonds is 5. The maximum atomic E-state index is 6.44. The van der Waals surface area contributed by atoms with E-state index < -0.39 is 0 Å². The summed E-state index contributed by atoms with van der Waals surface area (Å²) in [5, 5.41) is 0. The Morgan fingerprint density at radius 2 is 1.85 bits per heavy atom. The van der Waals surface area contributed by atoms with E-state index in [1.54, 1.807) is 0 Å². The van der Waals surface area contributed by atoms with Crippen LogP contribution in [-0.4, -0.2) is 24.0 Å². The van der Waals surface area contributed by atoms with Crippen molar-refractivity contribution in [3.05, 3.63) is 35.4 Å². The van der Waals surface area contributed by atoms with E-state index in [1.807, 2.05) is 0 Å². The fourth-order valence-corrected chi connectivity index (χ4v) is 2.71. The molecule has 0 aromatic heterocycles. The van der Waals surface area contributed by atoms with Crippen molar-refractivity contribution in [2.75, 3.05) is 7.05 Å².